The number of aliphatic carboxylic acids is 1. The second kappa shape index (κ2) is 6.52. The van der Waals surface area contributed by atoms with Crippen molar-refractivity contribution < 1.29 is 19.7 Å². The molecule has 9 heteroatoms. The van der Waals surface area contributed by atoms with Crippen molar-refractivity contribution in [3.05, 3.63) is 68.3 Å². The minimum atomic E-state index is -0.961. The average molecular weight is 317 g/mol. The third-order valence-electron chi connectivity index (χ3n) is 2.98. The fourth-order valence-electron chi connectivity index (χ4n) is 1.93. The Morgan fingerprint density at radius 1 is 1.04 bits per heavy atom. The maximum Gasteiger partial charge on any atom is 0.307 e. The van der Waals surface area contributed by atoms with Gasteiger partial charge in [-0.25, -0.2) is 0 Å². The van der Waals surface area contributed by atoms with Gasteiger partial charge in [-0.05, 0) is 23.8 Å². The number of nitro groups is 2. The highest BCUT2D eigenvalue weighted by Gasteiger charge is 2.19. The van der Waals surface area contributed by atoms with E-state index in [-0.39, 0.29) is 17.8 Å². The molecule has 2 N–H and O–H groups in total. The molecule has 2 rings (SSSR count). The van der Waals surface area contributed by atoms with E-state index in [9.17, 15) is 25.0 Å². The highest BCUT2D eigenvalue weighted by Crippen LogP contribution is 2.31. The van der Waals surface area contributed by atoms with Crippen LogP contribution in [0.15, 0.2) is 42.5 Å². The molecule has 0 fully saturated rings. The van der Waals surface area contributed by atoms with Gasteiger partial charge < -0.3 is 10.4 Å². The van der Waals surface area contributed by atoms with Crippen molar-refractivity contribution in [2.24, 2.45) is 0 Å². The maximum atomic E-state index is 11.0. The summed E-state index contributed by atoms with van der Waals surface area (Å²) in [6.45, 7) is 0. The summed E-state index contributed by atoms with van der Waals surface area (Å²) < 4.78 is 0. The zero-order valence-corrected chi connectivity index (χ0v) is 11.6. The number of nitrogens with one attached hydrogen (secondary N) is 1. The Morgan fingerprint density at radius 2 is 1.70 bits per heavy atom. The summed E-state index contributed by atoms with van der Waals surface area (Å²) in [5.41, 5.74) is 0.386. The number of non-ortho nitro benzene ring substituents is 1. The van der Waals surface area contributed by atoms with Crippen LogP contribution in [0.25, 0.3) is 0 Å². The Hall–Kier alpha value is -3.49. The number of nitro benzene ring substituents is 2. The molecule has 118 valence electrons. The minimum absolute atomic E-state index is 0.103. The largest absolute Gasteiger partial charge is 0.481 e. The first-order valence-corrected chi connectivity index (χ1v) is 6.37. The van der Waals surface area contributed by atoms with E-state index in [4.69, 9.17) is 5.11 Å². The van der Waals surface area contributed by atoms with Crippen LogP contribution < -0.4 is 5.32 Å². The predicted molar refractivity (Wildman–Crippen MR) is 80.8 cm³/mol. The molecule has 0 atom stereocenters. The van der Waals surface area contributed by atoms with Crippen molar-refractivity contribution in [1.82, 2.24) is 0 Å². The maximum absolute atomic E-state index is 11.0. The van der Waals surface area contributed by atoms with Gasteiger partial charge in [0.2, 0.25) is 0 Å². The molecule has 2 aromatic rings. The van der Waals surface area contributed by atoms with Crippen LogP contribution in [-0.4, -0.2) is 20.9 Å². The third kappa shape index (κ3) is 4.00. The monoisotopic (exact) mass is 317 g/mol. The van der Waals surface area contributed by atoms with Gasteiger partial charge in [0.05, 0.1) is 22.3 Å². The van der Waals surface area contributed by atoms with Crippen LogP contribution >= 0.6 is 0 Å². The molecule has 0 spiro atoms. The molecule has 0 unspecified atom stereocenters. The standard InChI is InChI=1S/C14H11N3O6/c18-14(19)7-9-1-3-10(4-2-9)15-12-6-5-11(16(20)21)8-13(12)17(22)23/h1-6,8,15H,7H2,(H,18,19). The number of carboxylic acid groups (broad SMARTS) is 1. The minimum Gasteiger partial charge on any atom is -0.481 e. The Balaban J connectivity index is 2.27. The van der Waals surface area contributed by atoms with E-state index in [0.29, 0.717) is 11.3 Å². The summed E-state index contributed by atoms with van der Waals surface area (Å²) >= 11 is 0. The van der Waals surface area contributed by atoms with Crippen LogP contribution in [-0.2, 0) is 11.2 Å². The molecule has 0 saturated carbocycles. The van der Waals surface area contributed by atoms with Gasteiger partial charge in [0.1, 0.15) is 5.69 Å². The summed E-state index contributed by atoms with van der Waals surface area (Å²) in [6.07, 6.45) is -0.127. The first-order valence-electron chi connectivity index (χ1n) is 6.37. The zero-order chi connectivity index (χ0) is 17.0. The number of rotatable bonds is 6. The summed E-state index contributed by atoms with van der Waals surface area (Å²) in [5.74, 6) is -0.961. The van der Waals surface area contributed by atoms with E-state index >= 15 is 0 Å². The van der Waals surface area contributed by atoms with Crippen molar-refractivity contribution in [2.75, 3.05) is 5.32 Å². The van der Waals surface area contributed by atoms with Gasteiger partial charge in [-0.3, -0.25) is 25.0 Å². The fraction of sp³-hybridized carbons (Fsp3) is 0.0714. The lowest BCUT2D eigenvalue weighted by Crippen LogP contribution is -2.01. The van der Waals surface area contributed by atoms with Crippen molar-refractivity contribution >= 4 is 28.7 Å². The van der Waals surface area contributed by atoms with E-state index in [1.54, 1.807) is 24.3 Å². The second-order valence-corrected chi connectivity index (χ2v) is 4.61. The van der Waals surface area contributed by atoms with Gasteiger partial charge in [-0.2, -0.15) is 0 Å². The highest BCUT2D eigenvalue weighted by atomic mass is 16.6. The van der Waals surface area contributed by atoms with E-state index in [1.165, 1.54) is 6.07 Å². The molecule has 0 heterocycles. The summed E-state index contributed by atoms with van der Waals surface area (Å²) in [5, 5.41) is 33.2. The lowest BCUT2D eigenvalue weighted by atomic mass is 10.1. The van der Waals surface area contributed by atoms with E-state index in [2.05, 4.69) is 5.32 Å². The van der Waals surface area contributed by atoms with Crippen molar-refractivity contribution in [3.63, 3.8) is 0 Å². The Morgan fingerprint density at radius 3 is 2.22 bits per heavy atom. The molecule has 0 aromatic heterocycles. The summed E-state index contributed by atoms with van der Waals surface area (Å²) in [6, 6.07) is 9.59. The van der Waals surface area contributed by atoms with Gasteiger partial charge in [0.25, 0.3) is 11.4 Å². The Labute approximate surface area is 129 Å². The molecule has 23 heavy (non-hydrogen) atoms. The number of nitrogens with zero attached hydrogens (tertiary/aromatic N) is 2. The van der Waals surface area contributed by atoms with Gasteiger partial charge in [-0.15, -0.1) is 0 Å². The van der Waals surface area contributed by atoms with Crippen molar-refractivity contribution in [3.8, 4) is 0 Å². The molecule has 0 radical (unpaired) electrons. The highest BCUT2D eigenvalue weighted by molar-refractivity contribution is 5.73. The van der Waals surface area contributed by atoms with Crippen LogP contribution in [0, 0.1) is 20.2 Å². The third-order valence-corrected chi connectivity index (χ3v) is 2.98. The van der Waals surface area contributed by atoms with Gasteiger partial charge in [0.15, 0.2) is 0 Å². The Bertz CT molecular complexity index is 773. The van der Waals surface area contributed by atoms with E-state index < -0.39 is 21.5 Å². The smallest absolute Gasteiger partial charge is 0.307 e. The molecule has 0 bridgehead atoms. The molecule has 0 saturated heterocycles. The van der Waals surface area contributed by atoms with E-state index in [0.717, 1.165) is 12.1 Å². The normalized spacial score (nSPS) is 10.1. The molecular formula is C14H11N3O6. The molecule has 9 nitrogen and oxygen atoms in total. The molecule has 0 aliphatic carbocycles. The number of anilines is 2. The van der Waals surface area contributed by atoms with Crippen molar-refractivity contribution in [1.29, 1.82) is 0 Å². The fourth-order valence-corrected chi connectivity index (χ4v) is 1.93. The number of hydrogen-bond donors (Lipinski definition) is 2. The van der Waals surface area contributed by atoms with Gasteiger partial charge >= 0.3 is 5.97 Å². The first kappa shape index (κ1) is 15.9. The summed E-state index contributed by atoms with van der Waals surface area (Å²) in [4.78, 5) is 30.9. The predicted octanol–water partition coefficient (Wildman–Crippen LogP) is 2.87. The van der Waals surface area contributed by atoms with Crippen molar-refractivity contribution in [2.45, 2.75) is 6.42 Å². The zero-order valence-electron chi connectivity index (χ0n) is 11.6. The topological polar surface area (TPSA) is 136 Å². The molecule has 0 amide bonds. The van der Waals surface area contributed by atoms with Gasteiger partial charge in [-0.1, -0.05) is 12.1 Å². The van der Waals surface area contributed by atoms with Crippen LogP contribution in [0.4, 0.5) is 22.7 Å². The van der Waals surface area contributed by atoms with Crippen LogP contribution in [0.1, 0.15) is 5.56 Å². The van der Waals surface area contributed by atoms with Crippen LogP contribution in [0.3, 0.4) is 0 Å². The van der Waals surface area contributed by atoms with E-state index in [1.807, 2.05) is 0 Å². The molecule has 0 aliphatic heterocycles. The molecule has 0 aliphatic rings. The second-order valence-electron chi connectivity index (χ2n) is 4.61. The summed E-state index contributed by atoms with van der Waals surface area (Å²) in [7, 11) is 0. The number of hydrogen-bond acceptors (Lipinski definition) is 6. The lowest BCUT2D eigenvalue weighted by molar-refractivity contribution is -0.393. The quantitative estimate of drug-likeness (QED) is 0.617. The van der Waals surface area contributed by atoms with Gasteiger partial charge in [0, 0.05) is 11.8 Å². The van der Waals surface area contributed by atoms with Crippen LogP contribution in [0.5, 0.6) is 0 Å². The average Bonchev–Trinajstić information content (AvgIpc) is 2.48. The molecular weight excluding hydrogens is 306 g/mol. The molecule has 2 aromatic carbocycles. The lowest BCUT2D eigenvalue weighted by Gasteiger charge is -2.07. The number of benzene rings is 2. The SMILES string of the molecule is O=C(O)Cc1ccc(Nc2ccc([N+](=O)[O-])cc2[N+](=O)[O-])cc1. The number of carboxylic acids is 1. The first-order chi connectivity index (χ1) is 10.9. The Kier molecular flexibility index (Phi) is 4.50. The number of carbonyl (C=O) groups is 1. The van der Waals surface area contributed by atoms with Crippen LogP contribution in [0.2, 0.25) is 0 Å².